The van der Waals surface area contributed by atoms with Gasteiger partial charge in [0.15, 0.2) is 0 Å². The standard InChI is InChI=1S/C15H9BrF2/c1-10-2-4-11(5-3-10)6-7-12-8-13(17)9-14(18)15(12)16/h2-5,8-9H,1H3. The van der Waals surface area contributed by atoms with Crippen molar-refractivity contribution in [3.05, 3.63) is 69.2 Å². The minimum Gasteiger partial charge on any atom is -0.207 e. The Morgan fingerprint density at radius 2 is 1.67 bits per heavy atom. The lowest BCUT2D eigenvalue weighted by molar-refractivity contribution is 0.578. The van der Waals surface area contributed by atoms with Crippen LogP contribution >= 0.6 is 15.9 Å². The van der Waals surface area contributed by atoms with E-state index in [-0.39, 0.29) is 4.47 Å². The number of rotatable bonds is 0. The molecular formula is C15H9BrF2. The van der Waals surface area contributed by atoms with Gasteiger partial charge < -0.3 is 0 Å². The summed E-state index contributed by atoms with van der Waals surface area (Å²) in [7, 11) is 0. The maximum Gasteiger partial charge on any atom is 0.141 e. The van der Waals surface area contributed by atoms with Crippen LogP contribution in [0.15, 0.2) is 40.9 Å². The smallest absolute Gasteiger partial charge is 0.141 e. The molecule has 0 heterocycles. The van der Waals surface area contributed by atoms with Crippen LogP contribution in [-0.2, 0) is 0 Å². The Morgan fingerprint density at radius 3 is 2.33 bits per heavy atom. The van der Waals surface area contributed by atoms with E-state index in [9.17, 15) is 8.78 Å². The van der Waals surface area contributed by atoms with Gasteiger partial charge in [0.25, 0.3) is 0 Å². The molecule has 0 spiro atoms. The fourth-order valence-corrected chi connectivity index (χ4v) is 1.75. The molecule has 0 amide bonds. The van der Waals surface area contributed by atoms with Crippen molar-refractivity contribution in [2.24, 2.45) is 0 Å². The monoisotopic (exact) mass is 306 g/mol. The van der Waals surface area contributed by atoms with Gasteiger partial charge in [0.1, 0.15) is 11.6 Å². The SMILES string of the molecule is Cc1ccc(C#Cc2cc(F)cc(F)c2Br)cc1. The second kappa shape index (κ2) is 5.32. The van der Waals surface area contributed by atoms with E-state index in [2.05, 4.69) is 27.8 Å². The van der Waals surface area contributed by atoms with Gasteiger partial charge >= 0.3 is 0 Å². The maximum atomic E-state index is 13.3. The first-order valence-corrected chi connectivity index (χ1v) is 6.09. The fraction of sp³-hybridized carbons (Fsp3) is 0.0667. The number of halogens is 3. The molecule has 0 saturated carbocycles. The topological polar surface area (TPSA) is 0 Å². The molecule has 0 radical (unpaired) electrons. The van der Waals surface area contributed by atoms with Crippen molar-refractivity contribution >= 4 is 15.9 Å². The molecule has 0 N–H and O–H groups in total. The number of aryl methyl sites for hydroxylation is 1. The molecule has 2 aromatic rings. The van der Waals surface area contributed by atoms with E-state index in [0.717, 1.165) is 17.2 Å². The van der Waals surface area contributed by atoms with Gasteiger partial charge in [-0.2, -0.15) is 0 Å². The summed E-state index contributed by atoms with van der Waals surface area (Å²) < 4.78 is 26.5. The molecule has 2 aromatic carbocycles. The molecule has 90 valence electrons. The molecular weight excluding hydrogens is 298 g/mol. The predicted molar refractivity (Wildman–Crippen MR) is 71.2 cm³/mol. The van der Waals surface area contributed by atoms with Crippen LogP contribution < -0.4 is 0 Å². The van der Waals surface area contributed by atoms with Crippen molar-refractivity contribution in [3.63, 3.8) is 0 Å². The number of hydrogen-bond acceptors (Lipinski definition) is 0. The van der Waals surface area contributed by atoms with Gasteiger partial charge in [0.2, 0.25) is 0 Å². The third-order valence-corrected chi connectivity index (χ3v) is 3.19. The average molecular weight is 307 g/mol. The third kappa shape index (κ3) is 2.96. The van der Waals surface area contributed by atoms with Crippen LogP contribution in [0, 0.1) is 30.4 Å². The number of benzene rings is 2. The molecule has 0 atom stereocenters. The molecule has 0 unspecified atom stereocenters. The molecule has 0 aliphatic carbocycles. The van der Waals surface area contributed by atoms with Gasteiger partial charge in [-0.1, -0.05) is 29.5 Å². The average Bonchev–Trinajstić information content (AvgIpc) is 2.34. The van der Waals surface area contributed by atoms with E-state index in [1.807, 2.05) is 31.2 Å². The van der Waals surface area contributed by atoms with Crippen molar-refractivity contribution in [2.45, 2.75) is 6.92 Å². The molecule has 3 heteroatoms. The van der Waals surface area contributed by atoms with E-state index in [1.54, 1.807) is 0 Å². The molecule has 0 aromatic heterocycles. The second-order valence-electron chi connectivity index (χ2n) is 3.87. The second-order valence-corrected chi connectivity index (χ2v) is 4.66. The number of hydrogen-bond donors (Lipinski definition) is 0. The van der Waals surface area contributed by atoms with E-state index < -0.39 is 11.6 Å². The molecule has 0 saturated heterocycles. The Balaban J connectivity index is 2.38. The summed E-state index contributed by atoms with van der Waals surface area (Å²) in [5, 5.41) is 0. The molecule has 0 fully saturated rings. The Hall–Kier alpha value is -1.66. The van der Waals surface area contributed by atoms with Crippen molar-refractivity contribution < 1.29 is 8.78 Å². The van der Waals surface area contributed by atoms with Crippen molar-refractivity contribution in [2.75, 3.05) is 0 Å². The van der Waals surface area contributed by atoms with Crippen LogP contribution in [0.4, 0.5) is 8.78 Å². The first-order valence-electron chi connectivity index (χ1n) is 5.29. The summed E-state index contributed by atoms with van der Waals surface area (Å²) in [6.45, 7) is 1.98. The van der Waals surface area contributed by atoms with Crippen molar-refractivity contribution in [1.82, 2.24) is 0 Å². The molecule has 0 aliphatic heterocycles. The predicted octanol–water partition coefficient (Wildman–Crippen LogP) is 4.44. The van der Waals surface area contributed by atoms with Crippen molar-refractivity contribution in [1.29, 1.82) is 0 Å². The molecule has 0 bridgehead atoms. The summed E-state index contributed by atoms with van der Waals surface area (Å²) in [6.07, 6.45) is 0. The van der Waals surface area contributed by atoms with Crippen LogP contribution in [0.2, 0.25) is 0 Å². The fourth-order valence-electron chi connectivity index (χ4n) is 1.42. The Labute approximate surface area is 113 Å². The van der Waals surface area contributed by atoms with Gasteiger partial charge in [-0.05, 0) is 41.1 Å². The van der Waals surface area contributed by atoms with Crippen LogP contribution in [0.25, 0.3) is 0 Å². The van der Waals surface area contributed by atoms with Crippen LogP contribution in [0.5, 0.6) is 0 Å². The van der Waals surface area contributed by atoms with E-state index in [4.69, 9.17) is 0 Å². The van der Waals surface area contributed by atoms with Gasteiger partial charge in [-0.15, -0.1) is 0 Å². The third-order valence-electron chi connectivity index (χ3n) is 2.39. The zero-order valence-electron chi connectivity index (χ0n) is 9.60. The highest BCUT2D eigenvalue weighted by Crippen LogP contribution is 2.21. The largest absolute Gasteiger partial charge is 0.207 e. The molecule has 0 nitrogen and oxygen atoms in total. The van der Waals surface area contributed by atoms with Crippen molar-refractivity contribution in [3.8, 4) is 11.8 Å². The lowest BCUT2D eigenvalue weighted by Crippen LogP contribution is -1.87. The van der Waals surface area contributed by atoms with Gasteiger partial charge in [-0.3, -0.25) is 0 Å². The van der Waals surface area contributed by atoms with Gasteiger partial charge in [0.05, 0.1) is 4.47 Å². The summed E-state index contributed by atoms with van der Waals surface area (Å²) >= 11 is 3.06. The zero-order chi connectivity index (χ0) is 13.1. The lowest BCUT2D eigenvalue weighted by Gasteiger charge is -1.98. The minimum absolute atomic E-state index is 0.184. The van der Waals surface area contributed by atoms with E-state index in [0.29, 0.717) is 5.56 Å². The van der Waals surface area contributed by atoms with Gasteiger partial charge in [-0.25, -0.2) is 8.78 Å². The maximum absolute atomic E-state index is 13.3. The highest BCUT2D eigenvalue weighted by Gasteiger charge is 2.06. The summed E-state index contributed by atoms with van der Waals surface area (Å²) in [5.41, 5.74) is 2.24. The summed E-state index contributed by atoms with van der Waals surface area (Å²) in [6, 6.07) is 9.63. The zero-order valence-corrected chi connectivity index (χ0v) is 11.2. The first-order chi connectivity index (χ1) is 8.56. The lowest BCUT2D eigenvalue weighted by atomic mass is 10.1. The Kier molecular flexibility index (Phi) is 3.78. The normalized spacial score (nSPS) is 9.78. The minimum atomic E-state index is -0.650. The van der Waals surface area contributed by atoms with Crippen LogP contribution in [0.3, 0.4) is 0 Å². The Morgan fingerprint density at radius 1 is 1.00 bits per heavy atom. The van der Waals surface area contributed by atoms with E-state index >= 15 is 0 Å². The summed E-state index contributed by atoms with van der Waals surface area (Å²) in [5.74, 6) is 4.34. The van der Waals surface area contributed by atoms with Gasteiger partial charge in [0, 0.05) is 17.2 Å². The molecule has 18 heavy (non-hydrogen) atoms. The van der Waals surface area contributed by atoms with Crippen LogP contribution in [0.1, 0.15) is 16.7 Å². The molecule has 2 rings (SSSR count). The Bertz CT molecular complexity index is 634. The van der Waals surface area contributed by atoms with Crippen LogP contribution in [-0.4, -0.2) is 0 Å². The highest BCUT2D eigenvalue weighted by molar-refractivity contribution is 9.10. The van der Waals surface area contributed by atoms with E-state index in [1.165, 1.54) is 6.07 Å². The highest BCUT2D eigenvalue weighted by atomic mass is 79.9. The molecule has 0 aliphatic rings. The quantitative estimate of drug-likeness (QED) is 0.499. The first kappa shape index (κ1) is 12.8. The summed E-state index contributed by atoms with van der Waals surface area (Å²) in [4.78, 5) is 0.